The Labute approximate surface area is 120 Å². The first kappa shape index (κ1) is 15.0. The fraction of sp³-hybridized carbons (Fsp3) is 0.800. The molecule has 2 atom stereocenters. The first-order valence-electron chi connectivity index (χ1n) is 7.66. The van der Waals surface area contributed by atoms with Gasteiger partial charge in [0.25, 0.3) is 0 Å². The number of carbonyl (C=O) groups excluding carboxylic acids is 1. The van der Waals surface area contributed by atoms with Gasteiger partial charge in [0.05, 0.1) is 0 Å². The van der Waals surface area contributed by atoms with Gasteiger partial charge in [-0.2, -0.15) is 4.98 Å². The molecule has 0 bridgehead atoms. The lowest BCUT2D eigenvalue weighted by molar-refractivity contribution is -0.122. The number of aryl methyl sites for hydroxylation is 1. The molecule has 1 N–H and O–H groups in total. The first-order valence-corrected chi connectivity index (χ1v) is 7.66. The molecule has 0 radical (unpaired) electrons. The minimum Gasteiger partial charge on any atom is -0.353 e. The second-order valence-electron chi connectivity index (χ2n) is 6.24. The zero-order valence-corrected chi connectivity index (χ0v) is 12.7. The Morgan fingerprint density at radius 1 is 1.45 bits per heavy atom. The zero-order chi connectivity index (χ0) is 14.5. The molecule has 1 saturated carbocycles. The lowest BCUT2D eigenvalue weighted by Crippen LogP contribution is -2.38. The van der Waals surface area contributed by atoms with Crippen LogP contribution in [0.1, 0.15) is 70.5 Å². The van der Waals surface area contributed by atoms with Crippen LogP contribution in [0.4, 0.5) is 0 Å². The largest absolute Gasteiger partial charge is 0.353 e. The predicted octanol–water partition coefficient (Wildman–Crippen LogP) is 2.82. The normalized spacial score (nSPS) is 23.0. The van der Waals surface area contributed by atoms with Crippen LogP contribution >= 0.6 is 0 Å². The highest BCUT2D eigenvalue weighted by molar-refractivity contribution is 5.76. The fourth-order valence-corrected chi connectivity index (χ4v) is 2.69. The predicted molar refractivity (Wildman–Crippen MR) is 76.3 cm³/mol. The molecule has 0 aromatic carbocycles. The van der Waals surface area contributed by atoms with Crippen LogP contribution < -0.4 is 5.32 Å². The highest BCUT2D eigenvalue weighted by Gasteiger charge is 2.20. The number of hydrogen-bond donors (Lipinski definition) is 1. The number of hydrogen-bond acceptors (Lipinski definition) is 4. The van der Waals surface area contributed by atoms with Gasteiger partial charge >= 0.3 is 0 Å². The van der Waals surface area contributed by atoms with E-state index in [0.717, 1.165) is 18.8 Å². The molecule has 1 heterocycles. The minimum absolute atomic E-state index is 0.0911. The molecule has 5 nitrogen and oxygen atoms in total. The van der Waals surface area contributed by atoms with Crippen molar-refractivity contribution in [2.24, 2.45) is 5.92 Å². The molecule has 1 amide bonds. The van der Waals surface area contributed by atoms with E-state index >= 15 is 0 Å². The number of rotatable bonds is 5. The second-order valence-corrected chi connectivity index (χ2v) is 6.24. The lowest BCUT2D eigenvalue weighted by Gasteiger charge is -2.27. The summed E-state index contributed by atoms with van der Waals surface area (Å²) in [5.41, 5.74) is 0. The maximum atomic E-state index is 11.9. The van der Waals surface area contributed by atoms with Crippen molar-refractivity contribution >= 4 is 5.91 Å². The molecule has 5 heteroatoms. The molecule has 1 aliphatic rings. The van der Waals surface area contributed by atoms with Crippen LogP contribution in [0, 0.1) is 5.92 Å². The van der Waals surface area contributed by atoms with Crippen molar-refractivity contribution in [3.05, 3.63) is 11.7 Å². The third-order valence-corrected chi connectivity index (χ3v) is 3.87. The summed E-state index contributed by atoms with van der Waals surface area (Å²) in [6.07, 6.45) is 5.65. The SMILES string of the molecule is CC(C)c1noc(CCC(=O)N[C@@H]2CCC[C@@H](C)C2)n1. The highest BCUT2D eigenvalue weighted by atomic mass is 16.5. The summed E-state index contributed by atoms with van der Waals surface area (Å²) in [5, 5.41) is 7.02. The Morgan fingerprint density at radius 3 is 2.90 bits per heavy atom. The van der Waals surface area contributed by atoms with Crippen molar-refractivity contribution < 1.29 is 9.32 Å². The quantitative estimate of drug-likeness (QED) is 0.900. The molecule has 0 spiro atoms. The smallest absolute Gasteiger partial charge is 0.227 e. The number of amides is 1. The van der Waals surface area contributed by atoms with E-state index < -0.39 is 0 Å². The fourth-order valence-electron chi connectivity index (χ4n) is 2.69. The molecule has 112 valence electrons. The Hall–Kier alpha value is -1.39. The Bertz CT molecular complexity index is 442. The molecule has 0 unspecified atom stereocenters. The van der Waals surface area contributed by atoms with Crippen LogP contribution in [0.3, 0.4) is 0 Å². The van der Waals surface area contributed by atoms with Crippen molar-refractivity contribution in [1.29, 1.82) is 0 Å². The molecule has 1 aliphatic carbocycles. The van der Waals surface area contributed by atoms with Crippen molar-refractivity contribution in [3.63, 3.8) is 0 Å². The Balaban J connectivity index is 1.74. The lowest BCUT2D eigenvalue weighted by atomic mass is 9.87. The van der Waals surface area contributed by atoms with Crippen LogP contribution in [0.2, 0.25) is 0 Å². The van der Waals surface area contributed by atoms with Gasteiger partial charge in [0.15, 0.2) is 5.82 Å². The van der Waals surface area contributed by atoms with Gasteiger partial charge < -0.3 is 9.84 Å². The van der Waals surface area contributed by atoms with Crippen LogP contribution in [0.25, 0.3) is 0 Å². The van der Waals surface area contributed by atoms with Crippen molar-refractivity contribution in [2.75, 3.05) is 0 Å². The minimum atomic E-state index is 0.0911. The summed E-state index contributed by atoms with van der Waals surface area (Å²) in [5.74, 6) is 2.33. The van der Waals surface area contributed by atoms with Gasteiger partial charge in [0.2, 0.25) is 11.8 Å². The van der Waals surface area contributed by atoms with Gasteiger partial charge in [0.1, 0.15) is 0 Å². The highest BCUT2D eigenvalue weighted by Crippen LogP contribution is 2.23. The summed E-state index contributed by atoms with van der Waals surface area (Å²) < 4.78 is 5.14. The number of aromatic nitrogens is 2. The van der Waals surface area contributed by atoms with E-state index in [1.807, 2.05) is 13.8 Å². The van der Waals surface area contributed by atoms with Gasteiger partial charge in [-0.15, -0.1) is 0 Å². The molecule has 0 aliphatic heterocycles. The van der Waals surface area contributed by atoms with Gasteiger partial charge in [-0.3, -0.25) is 4.79 Å². The van der Waals surface area contributed by atoms with E-state index in [0.29, 0.717) is 30.6 Å². The van der Waals surface area contributed by atoms with E-state index in [2.05, 4.69) is 22.4 Å². The Kier molecular flexibility index (Phi) is 5.15. The van der Waals surface area contributed by atoms with Crippen LogP contribution in [0.5, 0.6) is 0 Å². The Morgan fingerprint density at radius 2 is 2.25 bits per heavy atom. The van der Waals surface area contributed by atoms with Crippen molar-refractivity contribution in [1.82, 2.24) is 15.5 Å². The maximum Gasteiger partial charge on any atom is 0.227 e. The first-order chi connectivity index (χ1) is 9.54. The molecule has 0 saturated heterocycles. The molecule has 1 aromatic heterocycles. The molecular weight excluding hydrogens is 254 g/mol. The molecule has 20 heavy (non-hydrogen) atoms. The van der Waals surface area contributed by atoms with Gasteiger partial charge in [-0.1, -0.05) is 38.8 Å². The zero-order valence-electron chi connectivity index (χ0n) is 12.7. The van der Waals surface area contributed by atoms with Crippen LogP contribution in [-0.2, 0) is 11.2 Å². The maximum absolute atomic E-state index is 11.9. The van der Waals surface area contributed by atoms with E-state index in [-0.39, 0.29) is 11.8 Å². The third kappa shape index (κ3) is 4.32. The van der Waals surface area contributed by atoms with Crippen molar-refractivity contribution in [2.45, 2.75) is 71.3 Å². The summed E-state index contributed by atoms with van der Waals surface area (Å²) in [4.78, 5) is 16.2. The molecule has 1 fully saturated rings. The van der Waals surface area contributed by atoms with E-state index in [1.165, 1.54) is 12.8 Å². The summed E-state index contributed by atoms with van der Waals surface area (Å²) in [6, 6.07) is 0.347. The number of nitrogens with zero attached hydrogens (tertiary/aromatic N) is 2. The van der Waals surface area contributed by atoms with Crippen LogP contribution in [-0.4, -0.2) is 22.1 Å². The van der Waals surface area contributed by atoms with Gasteiger partial charge in [-0.25, -0.2) is 0 Å². The van der Waals surface area contributed by atoms with Crippen molar-refractivity contribution in [3.8, 4) is 0 Å². The van der Waals surface area contributed by atoms with E-state index in [4.69, 9.17) is 4.52 Å². The summed E-state index contributed by atoms with van der Waals surface area (Å²) >= 11 is 0. The number of carbonyl (C=O) groups is 1. The van der Waals surface area contributed by atoms with Gasteiger partial charge in [0, 0.05) is 24.8 Å². The van der Waals surface area contributed by atoms with E-state index in [1.54, 1.807) is 0 Å². The summed E-state index contributed by atoms with van der Waals surface area (Å²) in [7, 11) is 0. The molecular formula is C15H25N3O2. The van der Waals surface area contributed by atoms with E-state index in [9.17, 15) is 4.79 Å². The monoisotopic (exact) mass is 279 g/mol. The third-order valence-electron chi connectivity index (χ3n) is 3.87. The van der Waals surface area contributed by atoms with Crippen LogP contribution in [0.15, 0.2) is 4.52 Å². The topological polar surface area (TPSA) is 68.0 Å². The molecule has 2 rings (SSSR count). The van der Waals surface area contributed by atoms with Gasteiger partial charge in [-0.05, 0) is 18.8 Å². The summed E-state index contributed by atoms with van der Waals surface area (Å²) in [6.45, 7) is 6.29. The average Bonchev–Trinajstić information content (AvgIpc) is 2.85. The number of nitrogens with one attached hydrogen (secondary N) is 1. The second kappa shape index (κ2) is 6.86. The molecule has 1 aromatic rings. The standard InChI is InChI=1S/C15H25N3O2/c1-10(2)15-17-14(20-18-15)8-7-13(19)16-12-6-4-5-11(3)9-12/h10-12H,4-9H2,1-3H3,(H,16,19)/t11-,12-/m1/s1. The average molecular weight is 279 g/mol.